The van der Waals surface area contributed by atoms with Crippen LogP contribution >= 0.6 is 0 Å². The van der Waals surface area contributed by atoms with E-state index in [1.165, 1.54) is 16.7 Å². The average molecular weight is 793 g/mol. The lowest BCUT2D eigenvalue weighted by molar-refractivity contribution is 0.669. The first-order valence-corrected chi connectivity index (χ1v) is 20.8. The molecule has 3 heterocycles. The summed E-state index contributed by atoms with van der Waals surface area (Å²) in [5.74, 6) is 1.79. The molecule has 0 bridgehead atoms. The van der Waals surface area contributed by atoms with Gasteiger partial charge in [-0.25, -0.2) is 4.98 Å². The van der Waals surface area contributed by atoms with Crippen molar-refractivity contribution in [2.45, 2.75) is 0 Å². The Morgan fingerprint density at radius 1 is 0.274 bits per heavy atom. The van der Waals surface area contributed by atoms with Crippen LogP contribution in [0, 0.1) is 0 Å². The van der Waals surface area contributed by atoms with E-state index in [4.69, 9.17) is 19.4 Å². The van der Waals surface area contributed by atoms with Crippen LogP contribution < -0.4 is 0 Å². The van der Waals surface area contributed by atoms with Gasteiger partial charge in [-0.05, 0) is 93.0 Å². The summed E-state index contributed by atoms with van der Waals surface area (Å²) in [6, 6.07) is 76.4. The number of para-hydroxylation sites is 1. The minimum atomic E-state index is 0.564. The lowest BCUT2D eigenvalue weighted by atomic mass is 9.98. The van der Waals surface area contributed by atoms with Gasteiger partial charge in [0.05, 0.1) is 11.0 Å². The molecule has 0 atom stereocenters. The maximum atomic E-state index is 6.39. The first kappa shape index (κ1) is 35.5. The Bertz CT molecular complexity index is 3610. The highest BCUT2D eigenvalue weighted by atomic mass is 16.3. The first-order chi connectivity index (χ1) is 30.7. The Hall–Kier alpha value is -8.41. The van der Waals surface area contributed by atoms with Gasteiger partial charge in [0.1, 0.15) is 11.2 Å². The molecule has 0 spiro atoms. The Morgan fingerprint density at radius 3 is 1.44 bits per heavy atom. The van der Waals surface area contributed by atoms with Crippen LogP contribution in [-0.4, -0.2) is 19.5 Å². The summed E-state index contributed by atoms with van der Waals surface area (Å²) in [5, 5.41) is 4.44. The van der Waals surface area contributed by atoms with Gasteiger partial charge < -0.3 is 4.42 Å². The Labute approximate surface area is 357 Å². The van der Waals surface area contributed by atoms with E-state index in [0.29, 0.717) is 17.6 Å². The van der Waals surface area contributed by atoms with Gasteiger partial charge in [0.2, 0.25) is 5.95 Å². The van der Waals surface area contributed by atoms with Crippen LogP contribution in [0.4, 0.5) is 0 Å². The van der Waals surface area contributed by atoms with Crippen molar-refractivity contribution in [1.82, 2.24) is 19.5 Å². The summed E-state index contributed by atoms with van der Waals surface area (Å²) in [4.78, 5) is 15.5. The van der Waals surface area contributed by atoms with Gasteiger partial charge in [0.15, 0.2) is 11.6 Å². The van der Waals surface area contributed by atoms with Gasteiger partial charge in [-0.3, -0.25) is 4.57 Å². The third-order valence-electron chi connectivity index (χ3n) is 11.9. The van der Waals surface area contributed by atoms with Crippen molar-refractivity contribution in [1.29, 1.82) is 0 Å². The van der Waals surface area contributed by atoms with E-state index in [1.54, 1.807) is 0 Å². The largest absolute Gasteiger partial charge is 0.456 e. The van der Waals surface area contributed by atoms with E-state index >= 15 is 0 Å². The molecular weight excluding hydrogens is 757 g/mol. The summed E-state index contributed by atoms with van der Waals surface area (Å²) in [5.41, 5.74) is 14.8. The van der Waals surface area contributed by atoms with Crippen molar-refractivity contribution < 1.29 is 4.42 Å². The van der Waals surface area contributed by atoms with Gasteiger partial charge >= 0.3 is 0 Å². The first-order valence-electron chi connectivity index (χ1n) is 20.8. The fraction of sp³-hybridized carbons (Fsp3) is 0. The highest BCUT2D eigenvalue weighted by molar-refractivity contribution is 6.11. The molecule has 3 aromatic heterocycles. The van der Waals surface area contributed by atoms with Crippen LogP contribution in [0.2, 0.25) is 0 Å². The predicted molar refractivity (Wildman–Crippen MR) is 254 cm³/mol. The normalized spacial score (nSPS) is 11.5. The molecule has 0 aliphatic heterocycles. The highest BCUT2D eigenvalue weighted by Gasteiger charge is 2.19. The minimum absolute atomic E-state index is 0.564. The Balaban J connectivity index is 0.955. The summed E-state index contributed by atoms with van der Waals surface area (Å²) >= 11 is 0. The number of benzene rings is 9. The smallest absolute Gasteiger partial charge is 0.238 e. The summed E-state index contributed by atoms with van der Waals surface area (Å²) in [6.45, 7) is 0. The molecule has 0 saturated heterocycles. The molecule has 0 radical (unpaired) electrons. The lowest BCUT2D eigenvalue weighted by Crippen LogP contribution is -2.06. The third-order valence-corrected chi connectivity index (χ3v) is 11.9. The van der Waals surface area contributed by atoms with Crippen molar-refractivity contribution in [3.05, 3.63) is 218 Å². The molecule has 0 saturated carbocycles. The van der Waals surface area contributed by atoms with Crippen molar-refractivity contribution >= 4 is 43.7 Å². The fourth-order valence-corrected chi connectivity index (χ4v) is 8.77. The number of nitrogens with zero attached hydrogens (tertiary/aromatic N) is 4. The maximum absolute atomic E-state index is 6.39. The highest BCUT2D eigenvalue weighted by Crippen LogP contribution is 2.38. The molecule has 62 heavy (non-hydrogen) atoms. The SMILES string of the molecule is c1ccc(-c2cccc(-c3ccc(-c4nc(-c5ccccc5)nc(-n5c6ccccc6c6cc(-c7ccc8oc9cc(-c%10ccccc%10)ccc9c8c7)ccc65)n4)cc3)c2)cc1. The number of hydrogen-bond donors (Lipinski definition) is 0. The van der Waals surface area contributed by atoms with E-state index in [-0.39, 0.29) is 0 Å². The number of aromatic nitrogens is 4. The van der Waals surface area contributed by atoms with Gasteiger partial charge in [-0.2, -0.15) is 9.97 Å². The molecule has 12 rings (SSSR count). The topological polar surface area (TPSA) is 56.7 Å². The lowest BCUT2D eigenvalue weighted by Gasteiger charge is -2.12. The number of fused-ring (bicyclic) bond motifs is 6. The van der Waals surface area contributed by atoms with Crippen LogP contribution in [0.1, 0.15) is 0 Å². The van der Waals surface area contributed by atoms with Crippen molar-refractivity contribution in [3.63, 3.8) is 0 Å². The standard InChI is InChI=1S/C57H36N4O/c1-4-13-37(14-5-1)42-19-12-20-43(33-42)39-23-25-41(26-24-39)56-58-55(40-17-8-3-9-18-40)59-57(60-56)61-51-22-11-10-21-47(51)49-34-44(28-31-52(49)61)45-29-32-53-50(35-45)48-30-27-46(36-54(48)62-53)38-15-6-2-7-16-38/h1-36H. The maximum Gasteiger partial charge on any atom is 0.238 e. The molecule has 0 unspecified atom stereocenters. The molecule has 5 heteroatoms. The second-order valence-corrected chi connectivity index (χ2v) is 15.6. The molecule has 12 aromatic rings. The zero-order valence-corrected chi connectivity index (χ0v) is 33.5. The minimum Gasteiger partial charge on any atom is -0.456 e. The van der Waals surface area contributed by atoms with Crippen molar-refractivity contribution in [2.24, 2.45) is 0 Å². The fourth-order valence-electron chi connectivity index (χ4n) is 8.77. The second-order valence-electron chi connectivity index (χ2n) is 15.6. The zero-order chi connectivity index (χ0) is 41.0. The van der Waals surface area contributed by atoms with E-state index in [0.717, 1.165) is 82.7 Å². The number of hydrogen-bond acceptors (Lipinski definition) is 4. The summed E-state index contributed by atoms with van der Waals surface area (Å²) in [6.07, 6.45) is 0. The van der Waals surface area contributed by atoms with E-state index in [2.05, 4.69) is 180 Å². The molecule has 0 aliphatic rings. The molecule has 0 amide bonds. The molecule has 5 nitrogen and oxygen atoms in total. The third kappa shape index (κ3) is 6.23. The van der Waals surface area contributed by atoms with E-state index in [1.807, 2.05) is 42.5 Å². The van der Waals surface area contributed by atoms with Gasteiger partial charge in [0.25, 0.3) is 0 Å². The molecule has 0 N–H and O–H groups in total. The van der Waals surface area contributed by atoms with Crippen LogP contribution in [0.3, 0.4) is 0 Å². The van der Waals surface area contributed by atoms with Crippen LogP contribution in [0.5, 0.6) is 0 Å². The number of rotatable bonds is 7. The second kappa shape index (κ2) is 14.7. The predicted octanol–water partition coefficient (Wildman–Crippen LogP) is 14.9. The van der Waals surface area contributed by atoms with Crippen molar-refractivity contribution in [2.75, 3.05) is 0 Å². The zero-order valence-electron chi connectivity index (χ0n) is 33.5. The van der Waals surface area contributed by atoms with Crippen LogP contribution in [-0.2, 0) is 0 Å². The van der Waals surface area contributed by atoms with Gasteiger partial charge in [-0.15, -0.1) is 0 Å². The Kier molecular flexibility index (Phi) is 8.42. The molecule has 0 fully saturated rings. The van der Waals surface area contributed by atoms with Gasteiger partial charge in [-0.1, -0.05) is 170 Å². The number of furan rings is 1. The summed E-state index contributed by atoms with van der Waals surface area (Å²) < 4.78 is 8.57. The monoisotopic (exact) mass is 792 g/mol. The van der Waals surface area contributed by atoms with Crippen LogP contribution in [0.25, 0.3) is 117 Å². The summed E-state index contributed by atoms with van der Waals surface area (Å²) in [7, 11) is 0. The molecular formula is C57H36N4O. The van der Waals surface area contributed by atoms with Crippen LogP contribution in [0.15, 0.2) is 223 Å². The molecule has 9 aromatic carbocycles. The van der Waals surface area contributed by atoms with Crippen molar-refractivity contribution in [3.8, 4) is 73.2 Å². The van der Waals surface area contributed by atoms with E-state index < -0.39 is 0 Å². The van der Waals surface area contributed by atoms with E-state index in [9.17, 15) is 0 Å². The quantitative estimate of drug-likeness (QED) is 0.161. The van der Waals surface area contributed by atoms with Gasteiger partial charge in [0, 0.05) is 32.7 Å². The Morgan fingerprint density at radius 2 is 0.742 bits per heavy atom. The molecule has 0 aliphatic carbocycles. The molecule has 290 valence electrons. The average Bonchev–Trinajstić information content (AvgIpc) is 3.89.